The first-order chi connectivity index (χ1) is 14.7. The third kappa shape index (κ3) is 4.01. The van der Waals surface area contributed by atoms with Crippen LogP contribution in [-0.2, 0) is 0 Å². The molecule has 12 heteroatoms. The van der Waals surface area contributed by atoms with Crippen molar-refractivity contribution in [3.63, 3.8) is 0 Å². The van der Waals surface area contributed by atoms with Crippen LogP contribution in [0.3, 0.4) is 0 Å². The van der Waals surface area contributed by atoms with Crippen molar-refractivity contribution in [2.24, 2.45) is 0 Å². The van der Waals surface area contributed by atoms with Crippen molar-refractivity contribution in [3.05, 3.63) is 66.7 Å². The largest absolute Gasteiger partial charge is 0.345 e. The third-order valence-electron chi connectivity index (χ3n) is 5.15. The van der Waals surface area contributed by atoms with E-state index in [1.807, 2.05) is 19.1 Å². The van der Waals surface area contributed by atoms with E-state index in [1.54, 1.807) is 11.3 Å². The predicted octanol–water partition coefficient (Wildman–Crippen LogP) is 4.04. The third-order valence-corrected chi connectivity index (χ3v) is 6.64. The molecule has 160 valence electrons. The van der Waals surface area contributed by atoms with Crippen LogP contribution in [0.1, 0.15) is 15.9 Å². The molecule has 1 fully saturated rings. The highest BCUT2D eigenvalue weighted by molar-refractivity contribution is 7.22. The van der Waals surface area contributed by atoms with Gasteiger partial charge >= 0.3 is 0 Å². The molecule has 1 aliphatic rings. The maximum atomic E-state index is 12.9. The molecule has 1 saturated heterocycles. The fourth-order valence-corrected chi connectivity index (χ4v) is 4.67. The molecule has 0 saturated carbocycles. The lowest BCUT2D eigenvalue weighted by atomic mass is 10.1. The number of amides is 1. The number of nitro groups is 2. The lowest BCUT2D eigenvalue weighted by Gasteiger charge is -2.34. The molecule has 0 spiro atoms. The number of fused-ring (bicyclic) bond motifs is 1. The number of nitrogens with zero attached hydrogens (tertiary/aromatic N) is 5. The van der Waals surface area contributed by atoms with E-state index in [9.17, 15) is 25.0 Å². The van der Waals surface area contributed by atoms with Crippen molar-refractivity contribution in [1.29, 1.82) is 0 Å². The number of carbonyl (C=O) groups excluding carboxylic acids is 1. The zero-order chi connectivity index (χ0) is 22.3. The second-order valence-corrected chi connectivity index (χ2v) is 8.46. The summed E-state index contributed by atoms with van der Waals surface area (Å²) >= 11 is 7.72. The summed E-state index contributed by atoms with van der Waals surface area (Å²) in [7, 11) is 0. The molecule has 0 aliphatic carbocycles. The zero-order valence-corrected chi connectivity index (χ0v) is 17.9. The Morgan fingerprint density at radius 1 is 1.06 bits per heavy atom. The smallest absolute Gasteiger partial charge is 0.277 e. The monoisotopic (exact) mass is 461 g/mol. The van der Waals surface area contributed by atoms with Crippen LogP contribution >= 0.6 is 22.9 Å². The molecule has 3 aromatic rings. The van der Waals surface area contributed by atoms with Gasteiger partial charge in [0.15, 0.2) is 5.13 Å². The molecule has 1 amide bonds. The van der Waals surface area contributed by atoms with Gasteiger partial charge in [0.1, 0.15) is 0 Å². The van der Waals surface area contributed by atoms with Gasteiger partial charge in [-0.15, -0.1) is 0 Å². The molecule has 0 radical (unpaired) electrons. The minimum atomic E-state index is -0.747. The van der Waals surface area contributed by atoms with Gasteiger partial charge in [-0.25, -0.2) is 4.98 Å². The Morgan fingerprint density at radius 2 is 1.68 bits per heavy atom. The molecule has 10 nitrogen and oxygen atoms in total. The predicted molar refractivity (Wildman–Crippen MR) is 117 cm³/mol. The van der Waals surface area contributed by atoms with Gasteiger partial charge in [0.25, 0.3) is 17.3 Å². The quantitative estimate of drug-likeness (QED) is 0.424. The molecule has 0 atom stereocenters. The number of piperazine rings is 1. The highest BCUT2D eigenvalue weighted by Crippen LogP contribution is 2.34. The summed E-state index contributed by atoms with van der Waals surface area (Å²) in [6.45, 7) is 3.70. The Bertz CT molecular complexity index is 1190. The molecule has 0 N–H and O–H groups in total. The zero-order valence-electron chi connectivity index (χ0n) is 16.3. The lowest BCUT2D eigenvalue weighted by Crippen LogP contribution is -2.48. The van der Waals surface area contributed by atoms with Crippen LogP contribution in [0.15, 0.2) is 30.3 Å². The molecule has 4 rings (SSSR count). The Kier molecular flexibility index (Phi) is 5.46. The number of aryl methyl sites for hydroxylation is 1. The van der Waals surface area contributed by atoms with E-state index >= 15 is 0 Å². The van der Waals surface area contributed by atoms with Crippen LogP contribution in [-0.4, -0.2) is 51.8 Å². The van der Waals surface area contributed by atoms with Crippen molar-refractivity contribution in [2.75, 3.05) is 31.1 Å². The fraction of sp³-hybridized carbons (Fsp3) is 0.263. The average molecular weight is 462 g/mol. The summed E-state index contributed by atoms with van der Waals surface area (Å²) in [6, 6.07) is 6.76. The fourth-order valence-electron chi connectivity index (χ4n) is 3.44. The number of carbonyl (C=O) groups is 1. The summed E-state index contributed by atoms with van der Waals surface area (Å²) < 4.78 is 1.03. The minimum absolute atomic E-state index is 0.0698. The van der Waals surface area contributed by atoms with Gasteiger partial charge in [-0.05, 0) is 24.6 Å². The number of hydrogen-bond donors (Lipinski definition) is 0. The number of rotatable bonds is 4. The first-order valence-electron chi connectivity index (χ1n) is 9.28. The van der Waals surface area contributed by atoms with Crippen molar-refractivity contribution >= 4 is 55.6 Å². The van der Waals surface area contributed by atoms with Gasteiger partial charge in [-0.2, -0.15) is 0 Å². The summed E-state index contributed by atoms with van der Waals surface area (Å²) in [6.07, 6.45) is 0. The van der Waals surface area contributed by atoms with Crippen LogP contribution in [0, 0.1) is 27.2 Å². The van der Waals surface area contributed by atoms with Gasteiger partial charge in [0, 0.05) is 43.3 Å². The SMILES string of the molecule is Cc1c(Cl)ccc2sc(N3CCN(C(=O)c4cc([N+](=O)[O-])cc([N+](=O)[O-])c4)CC3)nc12. The lowest BCUT2D eigenvalue weighted by molar-refractivity contribution is -0.394. The van der Waals surface area contributed by atoms with E-state index in [1.165, 1.54) is 4.90 Å². The second-order valence-electron chi connectivity index (χ2n) is 7.05. The highest BCUT2D eigenvalue weighted by Gasteiger charge is 2.27. The van der Waals surface area contributed by atoms with Crippen LogP contribution in [0.25, 0.3) is 10.2 Å². The molecule has 1 aromatic heterocycles. The maximum absolute atomic E-state index is 12.9. The summed E-state index contributed by atoms with van der Waals surface area (Å²) in [5.74, 6) is -0.474. The number of nitro benzene ring substituents is 2. The van der Waals surface area contributed by atoms with Crippen LogP contribution < -0.4 is 4.90 Å². The van der Waals surface area contributed by atoms with E-state index in [4.69, 9.17) is 16.6 Å². The first kappa shape index (κ1) is 20.9. The number of benzene rings is 2. The maximum Gasteiger partial charge on any atom is 0.277 e. The van der Waals surface area contributed by atoms with Crippen molar-refractivity contribution in [3.8, 4) is 0 Å². The van der Waals surface area contributed by atoms with E-state index in [2.05, 4.69) is 4.90 Å². The number of thiazole rings is 1. The summed E-state index contributed by atoms with van der Waals surface area (Å²) in [5, 5.41) is 23.7. The van der Waals surface area contributed by atoms with Gasteiger partial charge in [0.2, 0.25) is 0 Å². The van der Waals surface area contributed by atoms with E-state index in [0.717, 1.165) is 39.1 Å². The number of non-ortho nitro benzene ring substituents is 2. The summed E-state index contributed by atoms with van der Waals surface area (Å²) in [5.41, 5.74) is 0.733. The van der Waals surface area contributed by atoms with Gasteiger partial charge < -0.3 is 9.80 Å². The highest BCUT2D eigenvalue weighted by atomic mass is 35.5. The topological polar surface area (TPSA) is 123 Å². The number of hydrogen-bond acceptors (Lipinski definition) is 8. The molecule has 0 unspecified atom stereocenters. The Morgan fingerprint density at radius 3 is 2.26 bits per heavy atom. The normalized spacial score (nSPS) is 14.1. The van der Waals surface area contributed by atoms with Crippen molar-refractivity contribution in [2.45, 2.75) is 6.92 Å². The van der Waals surface area contributed by atoms with Crippen LogP contribution in [0.5, 0.6) is 0 Å². The molecular weight excluding hydrogens is 446 g/mol. The Hall–Kier alpha value is -3.31. The Balaban J connectivity index is 1.51. The van der Waals surface area contributed by atoms with Gasteiger partial charge in [-0.1, -0.05) is 22.9 Å². The molecule has 1 aliphatic heterocycles. The van der Waals surface area contributed by atoms with E-state index in [-0.39, 0.29) is 5.56 Å². The average Bonchev–Trinajstić information content (AvgIpc) is 3.20. The van der Waals surface area contributed by atoms with Crippen LogP contribution in [0.4, 0.5) is 16.5 Å². The molecular formula is C19H16ClN5O5S. The van der Waals surface area contributed by atoms with E-state index < -0.39 is 27.1 Å². The number of anilines is 1. The molecule has 2 aromatic carbocycles. The Labute approximate surface area is 185 Å². The van der Waals surface area contributed by atoms with E-state index in [0.29, 0.717) is 31.2 Å². The molecule has 0 bridgehead atoms. The number of aromatic nitrogens is 1. The molecule has 2 heterocycles. The van der Waals surface area contributed by atoms with Gasteiger partial charge in [-0.3, -0.25) is 25.0 Å². The first-order valence-corrected chi connectivity index (χ1v) is 10.5. The summed E-state index contributed by atoms with van der Waals surface area (Å²) in [4.78, 5) is 41.8. The standard InChI is InChI=1S/C19H16ClN5O5S/c1-11-15(20)2-3-16-17(11)21-19(31-16)23-6-4-22(5-7-23)18(26)12-8-13(24(27)28)10-14(9-12)25(29)30/h2-3,8-10H,4-7H2,1H3. The van der Waals surface area contributed by atoms with Crippen molar-refractivity contribution in [1.82, 2.24) is 9.88 Å². The molecule has 31 heavy (non-hydrogen) atoms. The van der Waals surface area contributed by atoms with Gasteiger partial charge in [0.05, 0.1) is 31.7 Å². The second kappa shape index (κ2) is 8.08. The minimum Gasteiger partial charge on any atom is -0.345 e. The number of halogens is 1. The van der Waals surface area contributed by atoms with Crippen LogP contribution in [0.2, 0.25) is 5.02 Å². The van der Waals surface area contributed by atoms with Crippen molar-refractivity contribution < 1.29 is 14.6 Å².